The van der Waals surface area contributed by atoms with Gasteiger partial charge in [-0.3, -0.25) is 0 Å². The van der Waals surface area contributed by atoms with Crippen LogP contribution in [0.25, 0.3) is 0 Å². The number of halogens is 1. The molecule has 0 saturated heterocycles. The van der Waals surface area contributed by atoms with E-state index in [-0.39, 0.29) is 0 Å². The number of rotatable bonds is 6. The van der Waals surface area contributed by atoms with Gasteiger partial charge in [0.25, 0.3) is 0 Å². The van der Waals surface area contributed by atoms with Crippen LogP contribution in [-0.2, 0) is 0 Å². The Labute approximate surface area is 110 Å². The van der Waals surface area contributed by atoms with Crippen LogP contribution < -0.4 is 10.6 Å². The lowest BCUT2D eigenvalue weighted by Crippen LogP contribution is -2.32. The topological polar surface area (TPSA) is 70.1 Å². The fourth-order valence-electron chi connectivity index (χ4n) is 1.13. The molecular weight excluding hydrogens is 284 g/mol. The Balaban J connectivity index is 2.72. The Morgan fingerprint density at radius 3 is 2.71 bits per heavy atom. The summed E-state index contributed by atoms with van der Waals surface area (Å²) < 4.78 is 0.783. The molecule has 0 aliphatic carbocycles. The van der Waals surface area contributed by atoms with Crippen LogP contribution in [-0.4, -0.2) is 33.8 Å². The van der Waals surface area contributed by atoms with Crippen LogP contribution >= 0.6 is 15.9 Å². The van der Waals surface area contributed by atoms with Crippen LogP contribution in [0.3, 0.4) is 0 Å². The second-order valence-electron chi connectivity index (χ2n) is 4.12. The summed E-state index contributed by atoms with van der Waals surface area (Å²) in [6, 6.07) is 0. The highest BCUT2D eigenvalue weighted by Crippen LogP contribution is 2.21. The van der Waals surface area contributed by atoms with Crippen molar-refractivity contribution in [2.75, 3.05) is 23.7 Å². The van der Waals surface area contributed by atoms with Crippen LogP contribution in [0.15, 0.2) is 10.7 Å². The van der Waals surface area contributed by atoms with Gasteiger partial charge in [0.05, 0.1) is 10.1 Å². The van der Waals surface area contributed by atoms with E-state index in [4.69, 9.17) is 0 Å². The minimum atomic E-state index is -0.733. The number of aliphatic hydroxyl groups is 1. The van der Waals surface area contributed by atoms with Crippen LogP contribution in [0.4, 0.5) is 11.8 Å². The lowest BCUT2D eigenvalue weighted by atomic mass is 10.0. The van der Waals surface area contributed by atoms with E-state index < -0.39 is 5.60 Å². The predicted molar refractivity (Wildman–Crippen MR) is 73.3 cm³/mol. The van der Waals surface area contributed by atoms with E-state index in [0.717, 1.165) is 11.0 Å². The number of nitrogens with zero attached hydrogens (tertiary/aromatic N) is 2. The Bertz CT molecular complexity index is 370. The van der Waals surface area contributed by atoms with Crippen molar-refractivity contribution in [1.29, 1.82) is 0 Å². The van der Waals surface area contributed by atoms with Gasteiger partial charge in [-0.2, -0.15) is 4.98 Å². The van der Waals surface area contributed by atoms with Gasteiger partial charge in [-0.15, -0.1) is 0 Å². The summed E-state index contributed by atoms with van der Waals surface area (Å²) in [6.07, 6.45) is 2.37. The zero-order chi connectivity index (χ0) is 12.9. The number of aromatic nitrogens is 2. The first kappa shape index (κ1) is 14.2. The van der Waals surface area contributed by atoms with Gasteiger partial charge in [0, 0.05) is 19.3 Å². The van der Waals surface area contributed by atoms with Crippen molar-refractivity contribution in [2.45, 2.75) is 32.8 Å². The summed E-state index contributed by atoms with van der Waals surface area (Å²) in [5, 5.41) is 16.1. The first-order valence-electron chi connectivity index (χ1n) is 5.71. The molecule has 0 fully saturated rings. The Kier molecular flexibility index (Phi) is 5.14. The maximum Gasteiger partial charge on any atom is 0.224 e. The molecule has 3 N–H and O–H groups in total. The first-order valence-corrected chi connectivity index (χ1v) is 6.50. The van der Waals surface area contributed by atoms with Gasteiger partial charge in [-0.05, 0) is 36.2 Å². The standard InChI is InChI=1S/C11H19BrN4O/c1-4-11(3,17)7-15-9-8(12)6-14-10(16-9)13-5-2/h6,17H,4-5,7H2,1-3H3,(H2,13,14,15,16). The quantitative estimate of drug-likeness (QED) is 0.752. The summed E-state index contributed by atoms with van der Waals surface area (Å²) in [4.78, 5) is 8.43. The lowest BCUT2D eigenvalue weighted by Gasteiger charge is -2.22. The second-order valence-corrected chi connectivity index (χ2v) is 4.98. The van der Waals surface area contributed by atoms with Crippen molar-refractivity contribution in [1.82, 2.24) is 9.97 Å². The van der Waals surface area contributed by atoms with Gasteiger partial charge >= 0.3 is 0 Å². The number of anilines is 2. The van der Waals surface area contributed by atoms with Crippen LogP contribution in [0.2, 0.25) is 0 Å². The van der Waals surface area contributed by atoms with E-state index >= 15 is 0 Å². The highest BCUT2D eigenvalue weighted by molar-refractivity contribution is 9.10. The molecule has 1 aromatic heterocycles. The summed E-state index contributed by atoms with van der Waals surface area (Å²) in [5.41, 5.74) is -0.733. The van der Waals surface area contributed by atoms with E-state index in [0.29, 0.717) is 24.7 Å². The van der Waals surface area contributed by atoms with Crippen molar-refractivity contribution in [2.24, 2.45) is 0 Å². The van der Waals surface area contributed by atoms with Gasteiger partial charge in [0.15, 0.2) is 0 Å². The van der Waals surface area contributed by atoms with Gasteiger partial charge in [0.1, 0.15) is 5.82 Å². The molecular formula is C11H19BrN4O. The molecule has 1 unspecified atom stereocenters. The van der Waals surface area contributed by atoms with E-state index in [1.54, 1.807) is 13.1 Å². The number of nitrogens with one attached hydrogen (secondary N) is 2. The summed E-state index contributed by atoms with van der Waals surface area (Å²) in [6.45, 7) is 6.94. The molecule has 0 amide bonds. The Hall–Kier alpha value is -0.880. The molecule has 1 aromatic rings. The highest BCUT2D eigenvalue weighted by atomic mass is 79.9. The van der Waals surface area contributed by atoms with E-state index in [9.17, 15) is 5.11 Å². The normalized spacial score (nSPS) is 14.2. The third-order valence-electron chi connectivity index (χ3n) is 2.48. The molecule has 0 bridgehead atoms. The molecule has 6 heteroatoms. The minimum absolute atomic E-state index is 0.449. The predicted octanol–water partition coefficient (Wildman–Crippen LogP) is 2.24. The van der Waals surface area contributed by atoms with Crippen LogP contribution in [0.5, 0.6) is 0 Å². The maximum absolute atomic E-state index is 9.91. The molecule has 0 aliphatic heterocycles. The molecule has 1 heterocycles. The molecule has 17 heavy (non-hydrogen) atoms. The SMILES string of the molecule is CCNc1ncc(Br)c(NCC(C)(O)CC)n1. The highest BCUT2D eigenvalue weighted by Gasteiger charge is 2.18. The summed E-state index contributed by atoms with van der Waals surface area (Å²) >= 11 is 3.37. The zero-order valence-electron chi connectivity index (χ0n) is 10.4. The van der Waals surface area contributed by atoms with Gasteiger partial charge in [0.2, 0.25) is 5.95 Å². The summed E-state index contributed by atoms with van der Waals surface area (Å²) in [7, 11) is 0. The van der Waals surface area contributed by atoms with Crippen LogP contribution in [0, 0.1) is 0 Å². The Morgan fingerprint density at radius 1 is 1.41 bits per heavy atom. The largest absolute Gasteiger partial charge is 0.388 e. The average molecular weight is 303 g/mol. The third-order valence-corrected chi connectivity index (χ3v) is 3.06. The van der Waals surface area contributed by atoms with Crippen molar-refractivity contribution >= 4 is 27.7 Å². The third kappa shape index (κ3) is 4.47. The van der Waals surface area contributed by atoms with E-state index in [1.807, 2.05) is 13.8 Å². The maximum atomic E-state index is 9.91. The smallest absolute Gasteiger partial charge is 0.224 e. The van der Waals surface area contributed by atoms with Gasteiger partial charge < -0.3 is 15.7 Å². The van der Waals surface area contributed by atoms with Gasteiger partial charge in [-0.25, -0.2) is 4.98 Å². The van der Waals surface area contributed by atoms with E-state index in [1.165, 1.54) is 0 Å². The molecule has 0 saturated carbocycles. The second kappa shape index (κ2) is 6.16. The number of hydrogen-bond donors (Lipinski definition) is 3. The number of hydrogen-bond acceptors (Lipinski definition) is 5. The molecule has 5 nitrogen and oxygen atoms in total. The van der Waals surface area contributed by atoms with E-state index in [2.05, 4.69) is 36.5 Å². The molecule has 0 aromatic carbocycles. The fourth-order valence-corrected chi connectivity index (χ4v) is 1.46. The van der Waals surface area contributed by atoms with Crippen molar-refractivity contribution in [3.8, 4) is 0 Å². The van der Waals surface area contributed by atoms with Crippen molar-refractivity contribution in [3.05, 3.63) is 10.7 Å². The molecule has 96 valence electrons. The molecule has 1 rings (SSSR count). The first-order chi connectivity index (χ1) is 7.98. The van der Waals surface area contributed by atoms with Crippen LogP contribution in [0.1, 0.15) is 27.2 Å². The molecule has 0 radical (unpaired) electrons. The molecule has 0 spiro atoms. The molecule has 1 atom stereocenters. The molecule has 0 aliphatic rings. The minimum Gasteiger partial charge on any atom is -0.388 e. The monoisotopic (exact) mass is 302 g/mol. The average Bonchev–Trinajstić information content (AvgIpc) is 2.30. The fraction of sp³-hybridized carbons (Fsp3) is 0.636. The van der Waals surface area contributed by atoms with Crippen molar-refractivity contribution in [3.63, 3.8) is 0 Å². The van der Waals surface area contributed by atoms with Crippen molar-refractivity contribution < 1.29 is 5.11 Å². The zero-order valence-corrected chi connectivity index (χ0v) is 12.0. The van der Waals surface area contributed by atoms with Gasteiger partial charge in [-0.1, -0.05) is 6.92 Å². The summed E-state index contributed by atoms with van der Waals surface area (Å²) in [5.74, 6) is 1.26. The lowest BCUT2D eigenvalue weighted by molar-refractivity contribution is 0.0696. The Morgan fingerprint density at radius 2 is 2.12 bits per heavy atom.